The van der Waals surface area contributed by atoms with Crippen LogP contribution in [-0.4, -0.2) is 22.3 Å². The summed E-state index contributed by atoms with van der Waals surface area (Å²) in [6.45, 7) is 4.01. The summed E-state index contributed by atoms with van der Waals surface area (Å²) in [5.74, 6) is -0.675. The van der Waals surface area contributed by atoms with Crippen molar-refractivity contribution in [1.82, 2.24) is 5.16 Å². The van der Waals surface area contributed by atoms with Crippen molar-refractivity contribution in [2.45, 2.75) is 26.6 Å². The van der Waals surface area contributed by atoms with Gasteiger partial charge in [0.25, 0.3) is 0 Å². The highest BCUT2D eigenvalue weighted by Gasteiger charge is 2.10. The maximum Gasteiger partial charge on any atom is 0.358 e. The highest BCUT2D eigenvalue weighted by molar-refractivity contribution is 5.85. The van der Waals surface area contributed by atoms with Crippen molar-refractivity contribution in [3.63, 3.8) is 0 Å². The Morgan fingerprint density at radius 1 is 1.77 bits per heavy atom. The molecule has 1 aromatic heterocycles. The fourth-order valence-electron chi connectivity index (χ4n) is 0.731. The molecular weight excluding hydrogens is 174 g/mol. The van der Waals surface area contributed by atoms with Crippen LogP contribution in [0.25, 0.3) is 0 Å². The van der Waals surface area contributed by atoms with Gasteiger partial charge in [0, 0.05) is 6.07 Å². The summed E-state index contributed by atoms with van der Waals surface area (Å²) >= 11 is 0. The highest BCUT2D eigenvalue weighted by atomic mass is 16.5. The Hall–Kier alpha value is -1.36. The van der Waals surface area contributed by atoms with Gasteiger partial charge < -0.3 is 14.4 Å². The van der Waals surface area contributed by atoms with E-state index in [-0.39, 0.29) is 18.4 Å². The van der Waals surface area contributed by atoms with E-state index < -0.39 is 5.97 Å². The molecule has 1 heterocycles. The Bertz CT molecular complexity index is 292. The highest BCUT2D eigenvalue weighted by Crippen LogP contribution is 2.06. The van der Waals surface area contributed by atoms with Crippen molar-refractivity contribution in [3.05, 3.63) is 17.5 Å². The summed E-state index contributed by atoms with van der Waals surface area (Å²) in [5.41, 5.74) is -0.0950. The van der Waals surface area contributed by atoms with Gasteiger partial charge in [-0.1, -0.05) is 5.16 Å². The summed E-state index contributed by atoms with van der Waals surface area (Å²) in [4.78, 5) is 10.4. The molecule has 0 saturated carbocycles. The summed E-state index contributed by atoms with van der Waals surface area (Å²) in [6.07, 6.45) is 0.0818. The molecule has 5 nitrogen and oxygen atoms in total. The maximum atomic E-state index is 10.4. The number of ether oxygens (including phenoxy) is 1. The molecule has 13 heavy (non-hydrogen) atoms. The van der Waals surface area contributed by atoms with Gasteiger partial charge >= 0.3 is 5.97 Å². The summed E-state index contributed by atoms with van der Waals surface area (Å²) in [6, 6.07) is 1.35. The average molecular weight is 185 g/mol. The SMILES string of the molecule is CC(C)OCc1cc(C(=O)O)no1. The lowest BCUT2D eigenvalue weighted by Crippen LogP contribution is -2.01. The molecule has 0 spiro atoms. The standard InChI is InChI=1S/C8H11NO4/c1-5(2)12-4-6-3-7(8(10)11)9-13-6/h3,5H,4H2,1-2H3,(H,10,11). The first-order chi connectivity index (χ1) is 6.09. The Balaban J connectivity index is 2.54. The molecule has 0 fully saturated rings. The molecule has 0 amide bonds. The van der Waals surface area contributed by atoms with Gasteiger partial charge in [-0.2, -0.15) is 0 Å². The zero-order chi connectivity index (χ0) is 9.84. The lowest BCUT2D eigenvalue weighted by atomic mass is 10.4. The number of hydrogen-bond acceptors (Lipinski definition) is 4. The molecule has 0 aliphatic carbocycles. The van der Waals surface area contributed by atoms with Gasteiger partial charge in [-0.15, -0.1) is 0 Å². The molecule has 0 atom stereocenters. The van der Waals surface area contributed by atoms with Crippen LogP contribution in [0.4, 0.5) is 0 Å². The summed E-state index contributed by atoms with van der Waals surface area (Å²) in [7, 11) is 0. The topological polar surface area (TPSA) is 72.6 Å². The number of aromatic nitrogens is 1. The van der Waals surface area contributed by atoms with Crippen molar-refractivity contribution in [2.75, 3.05) is 0 Å². The fourth-order valence-corrected chi connectivity index (χ4v) is 0.731. The van der Waals surface area contributed by atoms with E-state index in [4.69, 9.17) is 14.4 Å². The van der Waals surface area contributed by atoms with Gasteiger partial charge in [0.05, 0.1) is 6.10 Å². The number of carboxylic acid groups (broad SMARTS) is 1. The van der Waals surface area contributed by atoms with Gasteiger partial charge in [-0.3, -0.25) is 0 Å². The molecule has 0 bridgehead atoms. The first kappa shape index (κ1) is 9.73. The molecule has 0 saturated heterocycles. The zero-order valence-electron chi connectivity index (χ0n) is 7.48. The summed E-state index contributed by atoms with van der Waals surface area (Å²) in [5, 5.41) is 11.9. The van der Waals surface area contributed by atoms with Crippen molar-refractivity contribution < 1.29 is 19.2 Å². The normalized spacial score (nSPS) is 10.7. The lowest BCUT2D eigenvalue weighted by molar-refractivity contribution is 0.0510. The molecule has 0 radical (unpaired) electrons. The van der Waals surface area contributed by atoms with Crippen molar-refractivity contribution in [2.24, 2.45) is 0 Å². The van der Waals surface area contributed by atoms with Gasteiger partial charge in [0.2, 0.25) is 0 Å². The van der Waals surface area contributed by atoms with Crippen LogP contribution in [0.3, 0.4) is 0 Å². The average Bonchev–Trinajstić information content (AvgIpc) is 2.48. The molecule has 1 aromatic rings. The number of aromatic carboxylic acids is 1. The van der Waals surface area contributed by atoms with E-state index in [0.717, 1.165) is 0 Å². The van der Waals surface area contributed by atoms with Crippen LogP contribution < -0.4 is 0 Å². The first-order valence-electron chi connectivity index (χ1n) is 3.90. The molecule has 72 valence electrons. The second kappa shape index (κ2) is 4.04. The van der Waals surface area contributed by atoms with E-state index in [9.17, 15) is 4.79 Å². The number of nitrogens with zero attached hydrogens (tertiary/aromatic N) is 1. The number of carboxylic acids is 1. The van der Waals surface area contributed by atoms with Crippen LogP contribution in [0.2, 0.25) is 0 Å². The zero-order valence-corrected chi connectivity index (χ0v) is 7.48. The minimum atomic E-state index is -1.10. The maximum absolute atomic E-state index is 10.4. The quantitative estimate of drug-likeness (QED) is 0.765. The van der Waals surface area contributed by atoms with Crippen LogP contribution in [0.1, 0.15) is 30.1 Å². The Labute approximate surface area is 75.3 Å². The van der Waals surface area contributed by atoms with Crippen LogP contribution in [0.15, 0.2) is 10.6 Å². The van der Waals surface area contributed by atoms with Crippen molar-refractivity contribution >= 4 is 5.97 Å². The van der Waals surface area contributed by atoms with Crippen LogP contribution in [0.5, 0.6) is 0 Å². The van der Waals surface area contributed by atoms with E-state index in [2.05, 4.69) is 5.16 Å². The van der Waals surface area contributed by atoms with Crippen LogP contribution in [-0.2, 0) is 11.3 Å². The Kier molecular flexibility index (Phi) is 3.02. The van der Waals surface area contributed by atoms with Crippen LogP contribution >= 0.6 is 0 Å². The number of carbonyl (C=O) groups is 1. The van der Waals surface area contributed by atoms with Crippen molar-refractivity contribution in [1.29, 1.82) is 0 Å². The predicted molar refractivity (Wildman–Crippen MR) is 43.4 cm³/mol. The predicted octanol–water partition coefficient (Wildman–Crippen LogP) is 1.30. The molecule has 0 aliphatic heterocycles. The minimum Gasteiger partial charge on any atom is -0.476 e. The summed E-state index contributed by atoms with van der Waals surface area (Å²) < 4.78 is 9.91. The monoisotopic (exact) mass is 185 g/mol. The fraction of sp³-hybridized carbons (Fsp3) is 0.500. The van der Waals surface area contributed by atoms with Gasteiger partial charge in [-0.25, -0.2) is 4.79 Å². The molecular formula is C8H11NO4. The molecule has 0 aromatic carbocycles. The minimum absolute atomic E-state index is 0.0818. The molecule has 1 N–H and O–H groups in total. The van der Waals surface area contributed by atoms with Gasteiger partial charge in [0.15, 0.2) is 11.5 Å². The third-order valence-electron chi connectivity index (χ3n) is 1.34. The Morgan fingerprint density at radius 2 is 2.46 bits per heavy atom. The largest absolute Gasteiger partial charge is 0.476 e. The second-order valence-corrected chi connectivity index (χ2v) is 2.84. The number of rotatable bonds is 4. The van der Waals surface area contributed by atoms with Gasteiger partial charge in [-0.05, 0) is 13.8 Å². The molecule has 0 unspecified atom stereocenters. The lowest BCUT2D eigenvalue weighted by Gasteiger charge is -2.02. The van der Waals surface area contributed by atoms with E-state index >= 15 is 0 Å². The van der Waals surface area contributed by atoms with E-state index in [1.807, 2.05) is 13.8 Å². The third kappa shape index (κ3) is 2.87. The van der Waals surface area contributed by atoms with E-state index in [1.54, 1.807) is 0 Å². The molecule has 1 rings (SSSR count). The molecule has 0 aliphatic rings. The Morgan fingerprint density at radius 3 is 2.92 bits per heavy atom. The molecule has 5 heteroatoms. The van der Waals surface area contributed by atoms with Gasteiger partial charge in [0.1, 0.15) is 6.61 Å². The number of hydrogen-bond donors (Lipinski definition) is 1. The third-order valence-corrected chi connectivity index (χ3v) is 1.34. The van der Waals surface area contributed by atoms with E-state index in [1.165, 1.54) is 6.07 Å². The van der Waals surface area contributed by atoms with E-state index in [0.29, 0.717) is 5.76 Å². The van der Waals surface area contributed by atoms with Crippen molar-refractivity contribution in [3.8, 4) is 0 Å². The van der Waals surface area contributed by atoms with Crippen LogP contribution in [0, 0.1) is 0 Å². The smallest absolute Gasteiger partial charge is 0.358 e. The second-order valence-electron chi connectivity index (χ2n) is 2.84. The first-order valence-corrected chi connectivity index (χ1v) is 3.90.